The minimum atomic E-state index is -0.268. The molecular formula is C14H17FN2O. The van der Waals surface area contributed by atoms with Gasteiger partial charge in [0.2, 0.25) is 5.91 Å². The summed E-state index contributed by atoms with van der Waals surface area (Å²) in [5.74, 6) is -0.0743. The van der Waals surface area contributed by atoms with Crippen LogP contribution in [0, 0.1) is 11.7 Å². The number of amides is 1. The molecule has 18 heavy (non-hydrogen) atoms. The lowest BCUT2D eigenvalue weighted by Gasteiger charge is -2.27. The van der Waals surface area contributed by atoms with Crippen LogP contribution in [0.15, 0.2) is 18.2 Å². The molecule has 0 unspecified atom stereocenters. The second-order valence-corrected chi connectivity index (χ2v) is 5.06. The van der Waals surface area contributed by atoms with E-state index in [9.17, 15) is 9.18 Å². The third kappa shape index (κ3) is 2.01. The van der Waals surface area contributed by atoms with Crippen LogP contribution in [0.5, 0.6) is 0 Å². The number of nitrogens with zero attached hydrogens (tertiary/aromatic N) is 1. The van der Waals surface area contributed by atoms with Crippen LogP contribution in [-0.4, -0.2) is 25.5 Å². The number of halogens is 1. The number of anilines is 1. The van der Waals surface area contributed by atoms with Gasteiger partial charge < -0.3 is 10.2 Å². The molecule has 1 saturated heterocycles. The number of benzene rings is 1. The number of hydrogen-bond donors (Lipinski definition) is 1. The summed E-state index contributed by atoms with van der Waals surface area (Å²) < 4.78 is 13.3. The molecule has 0 aliphatic carbocycles. The highest BCUT2D eigenvalue weighted by Crippen LogP contribution is 2.30. The van der Waals surface area contributed by atoms with Gasteiger partial charge in [0.05, 0.1) is 5.92 Å². The van der Waals surface area contributed by atoms with Gasteiger partial charge in [-0.2, -0.15) is 0 Å². The van der Waals surface area contributed by atoms with Gasteiger partial charge >= 0.3 is 0 Å². The smallest absolute Gasteiger partial charge is 0.231 e. The van der Waals surface area contributed by atoms with E-state index in [1.54, 1.807) is 11.0 Å². The van der Waals surface area contributed by atoms with Crippen molar-refractivity contribution in [3.8, 4) is 0 Å². The highest BCUT2D eigenvalue weighted by Gasteiger charge is 2.31. The maximum absolute atomic E-state index is 13.3. The van der Waals surface area contributed by atoms with Crippen molar-refractivity contribution in [3.05, 3.63) is 29.6 Å². The monoisotopic (exact) mass is 248 g/mol. The Balaban J connectivity index is 1.82. The van der Waals surface area contributed by atoms with Crippen molar-refractivity contribution in [2.75, 3.05) is 24.5 Å². The molecule has 1 N–H and O–H groups in total. The van der Waals surface area contributed by atoms with Gasteiger partial charge in [0, 0.05) is 18.8 Å². The van der Waals surface area contributed by atoms with E-state index < -0.39 is 0 Å². The van der Waals surface area contributed by atoms with Crippen LogP contribution in [0.25, 0.3) is 0 Å². The average molecular weight is 248 g/mol. The van der Waals surface area contributed by atoms with E-state index in [1.807, 2.05) is 0 Å². The van der Waals surface area contributed by atoms with Crippen LogP contribution in [0.2, 0.25) is 0 Å². The SMILES string of the molecule is O=C([C@H]1CCCNC1)N1CCc2ccc(F)cc21. The Hall–Kier alpha value is -1.42. The zero-order chi connectivity index (χ0) is 12.5. The maximum atomic E-state index is 13.3. The van der Waals surface area contributed by atoms with E-state index in [2.05, 4.69) is 5.32 Å². The van der Waals surface area contributed by atoms with Gasteiger partial charge in [0.25, 0.3) is 0 Å². The number of nitrogens with one attached hydrogen (secondary N) is 1. The topological polar surface area (TPSA) is 32.3 Å². The number of fused-ring (bicyclic) bond motifs is 1. The fourth-order valence-electron chi connectivity index (χ4n) is 2.86. The lowest BCUT2D eigenvalue weighted by molar-refractivity contribution is -0.122. The number of carbonyl (C=O) groups is 1. The lowest BCUT2D eigenvalue weighted by Crippen LogP contribution is -2.42. The van der Waals surface area contributed by atoms with Gasteiger partial charge in [-0.1, -0.05) is 6.07 Å². The predicted octanol–water partition coefficient (Wildman–Crippen LogP) is 1.71. The molecule has 3 nitrogen and oxygen atoms in total. The Labute approximate surface area is 106 Å². The van der Waals surface area contributed by atoms with Crippen molar-refractivity contribution >= 4 is 11.6 Å². The quantitative estimate of drug-likeness (QED) is 0.820. The van der Waals surface area contributed by atoms with Crippen molar-refractivity contribution in [1.82, 2.24) is 5.32 Å². The van der Waals surface area contributed by atoms with E-state index >= 15 is 0 Å². The summed E-state index contributed by atoms with van der Waals surface area (Å²) in [7, 11) is 0. The highest BCUT2D eigenvalue weighted by atomic mass is 19.1. The molecule has 0 aromatic heterocycles. The third-order valence-corrected chi connectivity index (χ3v) is 3.86. The first-order valence-corrected chi connectivity index (χ1v) is 6.56. The van der Waals surface area contributed by atoms with E-state index in [-0.39, 0.29) is 17.6 Å². The van der Waals surface area contributed by atoms with Crippen LogP contribution >= 0.6 is 0 Å². The van der Waals surface area contributed by atoms with Gasteiger partial charge in [-0.25, -0.2) is 4.39 Å². The van der Waals surface area contributed by atoms with Crippen LogP contribution < -0.4 is 10.2 Å². The molecule has 3 rings (SSSR count). The number of hydrogen-bond acceptors (Lipinski definition) is 2. The fourth-order valence-corrected chi connectivity index (χ4v) is 2.86. The average Bonchev–Trinajstić information content (AvgIpc) is 2.82. The van der Waals surface area contributed by atoms with Gasteiger partial charge in [0.1, 0.15) is 5.82 Å². The number of rotatable bonds is 1. The molecule has 1 aromatic carbocycles. The van der Waals surface area contributed by atoms with Crippen LogP contribution in [0.3, 0.4) is 0 Å². The van der Waals surface area contributed by atoms with Crippen molar-refractivity contribution in [2.24, 2.45) is 5.92 Å². The van der Waals surface area contributed by atoms with E-state index in [1.165, 1.54) is 12.1 Å². The summed E-state index contributed by atoms with van der Waals surface area (Å²) in [4.78, 5) is 14.2. The first-order valence-electron chi connectivity index (χ1n) is 6.56. The largest absolute Gasteiger partial charge is 0.316 e. The summed E-state index contributed by atoms with van der Waals surface area (Å²) in [5.41, 5.74) is 1.85. The van der Waals surface area contributed by atoms with Gasteiger partial charge in [-0.05, 0) is 43.5 Å². The first-order chi connectivity index (χ1) is 8.75. The second-order valence-electron chi connectivity index (χ2n) is 5.06. The zero-order valence-electron chi connectivity index (χ0n) is 10.3. The highest BCUT2D eigenvalue weighted by molar-refractivity contribution is 5.97. The van der Waals surface area contributed by atoms with Gasteiger partial charge in [-0.15, -0.1) is 0 Å². The molecule has 2 aliphatic heterocycles. The molecular weight excluding hydrogens is 231 g/mol. The predicted molar refractivity (Wildman–Crippen MR) is 68.1 cm³/mol. The number of carbonyl (C=O) groups excluding carboxylic acids is 1. The summed E-state index contributed by atoms with van der Waals surface area (Å²) in [6, 6.07) is 4.74. The summed E-state index contributed by atoms with van der Waals surface area (Å²) in [6.07, 6.45) is 2.81. The summed E-state index contributed by atoms with van der Waals surface area (Å²) in [5, 5.41) is 3.25. The molecule has 2 aliphatic rings. The second kappa shape index (κ2) is 4.69. The Bertz CT molecular complexity index is 469. The molecule has 2 heterocycles. The molecule has 1 fully saturated rings. The molecule has 0 spiro atoms. The Morgan fingerprint density at radius 2 is 2.33 bits per heavy atom. The lowest BCUT2D eigenvalue weighted by atomic mass is 9.98. The molecule has 0 saturated carbocycles. The zero-order valence-corrected chi connectivity index (χ0v) is 10.3. The van der Waals surface area contributed by atoms with Crippen molar-refractivity contribution < 1.29 is 9.18 Å². The minimum Gasteiger partial charge on any atom is -0.316 e. The summed E-state index contributed by atoms with van der Waals surface area (Å²) in [6.45, 7) is 2.43. The first kappa shape index (κ1) is 11.7. The van der Waals surface area contributed by atoms with Gasteiger partial charge in [-0.3, -0.25) is 4.79 Å². The molecule has 96 valence electrons. The molecule has 0 bridgehead atoms. The molecule has 1 atom stereocenters. The van der Waals surface area contributed by atoms with Crippen molar-refractivity contribution in [3.63, 3.8) is 0 Å². The Kier molecular flexibility index (Phi) is 3.04. The molecule has 1 amide bonds. The standard InChI is InChI=1S/C14H17FN2O/c15-12-4-3-10-5-7-17(13(10)8-12)14(18)11-2-1-6-16-9-11/h3-4,8,11,16H,1-2,5-7,9H2/t11-/m0/s1. The van der Waals surface area contributed by atoms with Crippen LogP contribution in [0.4, 0.5) is 10.1 Å². The van der Waals surface area contributed by atoms with Crippen molar-refractivity contribution in [2.45, 2.75) is 19.3 Å². The van der Waals surface area contributed by atoms with E-state index in [4.69, 9.17) is 0 Å². The van der Waals surface area contributed by atoms with Crippen LogP contribution in [-0.2, 0) is 11.2 Å². The third-order valence-electron chi connectivity index (χ3n) is 3.86. The fraction of sp³-hybridized carbons (Fsp3) is 0.500. The number of piperidine rings is 1. The van der Waals surface area contributed by atoms with Crippen LogP contribution in [0.1, 0.15) is 18.4 Å². The van der Waals surface area contributed by atoms with E-state index in [0.717, 1.165) is 43.6 Å². The maximum Gasteiger partial charge on any atom is 0.231 e. The van der Waals surface area contributed by atoms with Crippen molar-refractivity contribution in [1.29, 1.82) is 0 Å². The van der Waals surface area contributed by atoms with Gasteiger partial charge in [0.15, 0.2) is 0 Å². The summed E-state index contributed by atoms with van der Waals surface area (Å²) >= 11 is 0. The van der Waals surface area contributed by atoms with E-state index in [0.29, 0.717) is 6.54 Å². The minimum absolute atomic E-state index is 0.0490. The molecule has 0 radical (unpaired) electrons. The Morgan fingerprint density at radius 1 is 1.44 bits per heavy atom. The molecule has 4 heteroatoms. The molecule has 1 aromatic rings. The normalized spacial score (nSPS) is 22.9. The Morgan fingerprint density at radius 3 is 3.11 bits per heavy atom.